The summed E-state index contributed by atoms with van der Waals surface area (Å²) >= 11 is 1.31. The number of piperidine rings is 1. The second-order valence-electron chi connectivity index (χ2n) is 7.24. The number of fused-ring (bicyclic) bond motifs is 1. The Labute approximate surface area is 162 Å². The molecule has 1 aromatic carbocycles. The van der Waals surface area contributed by atoms with Crippen LogP contribution in [0, 0.1) is 5.92 Å². The average Bonchev–Trinajstić information content (AvgIpc) is 3.29. The molecule has 3 heterocycles. The van der Waals surface area contributed by atoms with Crippen molar-refractivity contribution in [1.82, 2.24) is 20.0 Å². The van der Waals surface area contributed by atoms with E-state index in [0.717, 1.165) is 26.1 Å². The Hall–Kier alpha value is -2.32. The zero-order valence-corrected chi connectivity index (χ0v) is 16.1. The standard InChI is InChI=1S/C19H23N5O2S/c1-13(25)24-10-15(14-5-3-2-4-6-14)16-9-23(8-7-17(16)24)11-18(26)21-19-22-20-12-27-19/h2-6,12,15-17H,7-11H2,1H3,(H,21,22,26)/t15-,16-,17-/m1/s1. The first kappa shape index (κ1) is 18.1. The van der Waals surface area contributed by atoms with Crippen LogP contribution in [0.2, 0.25) is 0 Å². The number of amides is 2. The van der Waals surface area contributed by atoms with Gasteiger partial charge in [0, 0.05) is 44.4 Å². The lowest BCUT2D eigenvalue weighted by molar-refractivity contribution is -0.131. The predicted molar refractivity (Wildman–Crippen MR) is 103 cm³/mol. The van der Waals surface area contributed by atoms with Crippen molar-refractivity contribution in [3.8, 4) is 0 Å². The van der Waals surface area contributed by atoms with Crippen molar-refractivity contribution >= 4 is 28.3 Å². The smallest absolute Gasteiger partial charge is 0.240 e. The number of nitrogens with zero attached hydrogens (tertiary/aromatic N) is 4. The molecule has 7 nitrogen and oxygen atoms in total. The molecule has 0 spiro atoms. The van der Waals surface area contributed by atoms with Gasteiger partial charge in [0.15, 0.2) is 0 Å². The summed E-state index contributed by atoms with van der Waals surface area (Å²) in [5.41, 5.74) is 2.87. The molecule has 0 saturated carbocycles. The minimum Gasteiger partial charge on any atom is -0.339 e. The van der Waals surface area contributed by atoms with Gasteiger partial charge in [0.25, 0.3) is 0 Å². The number of hydrogen-bond acceptors (Lipinski definition) is 6. The van der Waals surface area contributed by atoms with Crippen LogP contribution < -0.4 is 5.32 Å². The van der Waals surface area contributed by atoms with Crippen LogP contribution in [0.4, 0.5) is 5.13 Å². The van der Waals surface area contributed by atoms with E-state index in [0.29, 0.717) is 23.5 Å². The number of hydrogen-bond donors (Lipinski definition) is 1. The van der Waals surface area contributed by atoms with Gasteiger partial charge in [-0.3, -0.25) is 19.8 Å². The van der Waals surface area contributed by atoms with Gasteiger partial charge in [-0.2, -0.15) is 0 Å². The Morgan fingerprint density at radius 1 is 1.26 bits per heavy atom. The Kier molecular flexibility index (Phi) is 5.18. The Balaban J connectivity index is 1.46. The Morgan fingerprint density at radius 3 is 2.78 bits per heavy atom. The zero-order valence-electron chi connectivity index (χ0n) is 15.2. The highest BCUT2D eigenvalue weighted by atomic mass is 32.1. The molecule has 2 aliphatic rings. The molecule has 3 atom stereocenters. The van der Waals surface area contributed by atoms with Gasteiger partial charge in [0.1, 0.15) is 5.51 Å². The van der Waals surface area contributed by atoms with Crippen LogP contribution in [0.3, 0.4) is 0 Å². The summed E-state index contributed by atoms with van der Waals surface area (Å²) < 4.78 is 0. The fourth-order valence-corrected chi connectivity index (χ4v) is 4.91. The predicted octanol–water partition coefficient (Wildman–Crippen LogP) is 1.81. The molecule has 0 aliphatic carbocycles. The molecular weight excluding hydrogens is 362 g/mol. The lowest BCUT2D eigenvalue weighted by Crippen LogP contribution is -2.49. The van der Waals surface area contributed by atoms with Crippen molar-refractivity contribution in [3.05, 3.63) is 41.4 Å². The molecule has 2 aromatic rings. The molecule has 0 unspecified atom stereocenters. The summed E-state index contributed by atoms with van der Waals surface area (Å²) in [6, 6.07) is 10.7. The van der Waals surface area contributed by atoms with Gasteiger partial charge in [-0.25, -0.2) is 0 Å². The molecule has 142 valence electrons. The Bertz CT molecular complexity index is 798. The zero-order chi connectivity index (χ0) is 18.8. The van der Waals surface area contributed by atoms with Gasteiger partial charge in [-0.1, -0.05) is 41.7 Å². The maximum absolute atomic E-state index is 12.3. The molecular formula is C19H23N5O2S. The van der Waals surface area contributed by atoms with E-state index in [1.165, 1.54) is 16.9 Å². The molecule has 2 amide bonds. The lowest BCUT2D eigenvalue weighted by Gasteiger charge is -2.38. The minimum atomic E-state index is -0.0668. The largest absolute Gasteiger partial charge is 0.339 e. The number of carbonyl (C=O) groups excluding carboxylic acids is 2. The summed E-state index contributed by atoms with van der Waals surface area (Å²) in [5, 5.41) is 10.9. The van der Waals surface area contributed by atoms with Crippen molar-refractivity contribution < 1.29 is 9.59 Å². The summed E-state index contributed by atoms with van der Waals surface area (Å²) in [7, 11) is 0. The monoisotopic (exact) mass is 385 g/mol. The van der Waals surface area contributed by atoms with Gasteiger partial charge in [0.2, 0.25) is 16.9 Å². The van der Waals surface area contributed by atoms with Crippen LogP contribution in [0.1, 0.15) is 24.8 Å². The fraction of sp³-hybridized carbons (Fsp3) is 0.474. The number of benzene rings is 1. The van der Waals surface area contributed by atoms with Crippen LogP contribution in [-0.2, 0) is 9.59 Å². The third-order valence-electron chi connectivity index (χ3n) is 5.62. The van der Waals surface area contributed by atoms with E-state index >= 15 is 0 Å². The number of anilines is 1. The van der Waals surface area contributed by atoms with E-state index in [4.69, 9.17) is 0 Å². The van der Waals surface area contributed by atoms with Crippen molar-refractivity contribution in [2.24, 2.45) is 5.92 Å². The van der Waals surface area contributed by atoms with E-state index in [1.807, 2.05) is 11.0 Å². The van der Waals surface area contributed by atoms with Gasteiger partial charge in [-0.05, 0) is 12.0 Å². The van der Waals surface area contributed by atoms with Crippen LogP contribution in [-0.4, -0.2) is 64.0 Å². The van der Waals surface area contributed by atoms with Crippen molar-refractivity contribution in [2.75, 3.05) is 31.5 Å². The van der Waals surface area contributed by atoms with Crippen LogP contribution in [0.5, 0.6) is 0 Å². The number of nitrogens with one attached hydrogen (secondary N) is 1. The first-order valence-corrected chi connectivity index (χ1v) is 10.1. The van der Waals surface area contributed by atoms with E-state index in [-0.39, 0.29) is 17.9 Å². The summed E-state index contributed by atoms with van der Waals surface area (Å²) in [6.07, 6.45) is 0.902. The van der Waals surface area contributed by atoms with Crippen molar-refractivity contribution in [3.63, 3.8) is 0 Å². The van der Waals surface area contributed by atoms with E-state index in [1.54, 1.807) is 12.4 Å². The van der Waals surface area contributed by atoms with E-state index < -0.39 is 0 Å². The van der Waals surface area contributed by atoms with Crippen molar-refractivity contribution in [1.29, 1.82) is 0 Å². The number of rotatable bonds is 4. The number of aromatic nitrogens is 2. The number of likely N-dealkylation sites (tertiary alicyclic amines) is 2. The summed E-state index contributed by atoms with van der Waals surface area (Å²) in [4.78, 5) is 28.7. The SMILES string of the molecule is CC(=O)N1C[C@H](c2ccccc2)[C@H]2CN(CC(=O)Nc3nncs3)CC[C@H]21. The maximum atomic E-state index is 12.3. The third-order valence-corrected chi connectivity index (χ3v) is 6.23. The molecule has 2 aliphatic heterocycles. The average molecular weight is 385 g/mol. The fourth-order valence-electron chi connectivity index (χ4n) is 4.45. The molecule has 0 bridgehead atoms. The minimum absolute atomic E-state index is 0.0668. The molecule has 4 rings (SSSR count). The van der Waals surface area contributed by atoms with Gasteiger partial charge in [-0.15, -0.1) is 10.2 Å². The van der Waals surface area contributed by atoms with Crippen molar-refractivity contribution in [2.45, 2.75) is 25.3 Å². The van der Waals surface area contributed by atoms with Crippen LogP contribution in [0.15, 0.2) is 35.8 Å². The second kappa shape index (κ2) is 7.74. The molecule has 0 radical (unpaired) electrons. The normalized spacial score (nSPS) is 25.2. The first-order valence-electron chi connectivity index (χ1n) is 9.22. The molecule has 27 heavy (non-hydrogen) atoms. The van der Waals surface area contributed by atoms with Crippen LogP contribution >= 0.6 is 11.3 Å². The second-order valence-corrected chi connectivity index (χ2v) is 8.07. The summed E-state index contributed by atoms with van der Waals surface area (Å²) in [5.74, 6) is 0.738. The first-order chi connectivity index (χ1) is 13.1. The van der Waals surface area contributed by atoms with Gasteiger partial charge < -0.3 is 4.90 Å². The molecule has 8 heteroatoms. The Morgan fingerprint density at radius 2 is 2.07 bits per heavy atom. The maximum Gasteiger partial charge on any atom is 0.240 e. The quantitative estimate of drug-likeness (QED) is 0.869. The van der Waals surface area contributed by atoms with E-state index in [9.17, 15) is 9.59 Å². The summed E-state index contributed by atoms with van der Waals surface area (Å²) in [6.45, 7) is 4.39. The van der Waals surface area contributed by atoms with E-state index in [2.05, 4.69) is 44.7 Å². The number of carbonyl (C=O) groups is 2. The highest BCUT2D eigenvalue weighted by molar-refractivity contribution is 7.13. The topological polar surface area (TPSA) is 78.4 Å². The molecule has 1 aromatic heterocycles. The van der Waals surface area contributed by atoms with Gasteiger partial charge in [0.05, 0.1) is 6.54 Å². The van der Waals surface area contributed by atoms with Gasteiger partial charge >= 0.3 is 0 Å². The highest BCUT2D eigenvalue weighted by Crippen LogP contribution is 2.41. The third kappa shape index (κ3) is 3.86. The van der Waals surface area contributed by atoms with Crippen LogP contribution in [0.25, 0.3) is 0 Å². The highest BCUT2D eigenvalue weighted by Gasteiger charge is 2.46. The molecule has 1 N–H and O–H groups in total. The lowest BCUT2D eigenvalue weighted by atomic mass is 9.82. The molecule has 2 fully saturated rings. The molecule has 2 saturated heterocycles.